The summed E-state index contributed by atoms with van der Waals surface area (Å²) >= 11 is 9.47. The van der Waals surface area contributed by atoms with E-state index in [1.807, 2.05) is 7.05 Å². The molecule has 2 rings (SSSR count). The number of rotatable bonds is 4. The Labute approximate surface area is 124 Å². The largest absolute Gasteiger partial charge is 0.456 e. The molecule has 100 valence electrons. The number of nitrogens with one attached hydrogen (secondary N) is 1. The van der Waals surface area contributed by atoms with E-state index in [1.54, 1.807) is 24.3 Å². The molecule has 2 nitrogen and oxygen atoms in total. The van der Waals surface area contributed by atoms with Crippen LogP contribution in [-0.2, 0) is 6.54 Å². The lowest BCUT2D eigenvalue weighted by molar-refractivity contribution is 0.466. The molecule has 0 bridgehead atoms. The zero-order valence-corrected chi connectivity index (χ0v) is 12.6. The molecular weight excluding hydrogens is 333 g/mol. The highest BCUT2D eigenvalue weighted by Gasteiger charge is 2.10. The summed E-state index contributed by atoms with van der Waals surface area (Å²) < 4.78 is 19.7. The van der Waals surface area contributed by atoms with Gasteiger partial charge in [0.25, 0.3) is 0 Å². The lowest BCUT2D eigenvalue weighted by Gasteiger charge is -2.13. The third kappa shape index (κ3) is 3.47. The van der Waals surface area contributed by atoms with Crippen LogP contribution in [0.15, 0.2) is 40.9 Å². The van der Waals surface area contributed by atoms with E-state index in [2.05, 4.69) is 21.2 Å². The summed E-state index contributed by atoms with van der Waals surface area (Å²) in [6.45, 7) is 0.571. The van der Waals surface area contributed by atoms with E-state index in [-0.39, 0.29) is 5.82 Å². The zero-order valence-electron chi connectivity index (χ0n) is 10.2. The molecule has 2 aromatic rings. The SMILES string of the molecule is CNCc1c(Cl)cccc1Oc1cc(F)ccc1Br. The first-order valence-corrected chi connectivity index (χ1v) is 6.84. The van der Waals surface area contributed by atoms with E-state index in [0.717, 1.165) is 5.56 Å². The standard InChI is InChI=1S/C14H12BrClFNO/c1-18-8-10-12(16)3-2-4-13(10)19-14-7-9(17)5-6-11(14)15/h2-7,18H,8H2,1H3. The number of halogens is 3. The van der Waals surface area contributed by atoms with Crippen molar-refractivity contribution in [3.05, 3.63) is 57.3 Å². The van der Waals surface area contributed by atoms with E-state index in [1.165, 1.54) is 12.1 Å². The van der Waals surface area contributed by atoms with E-state index in [9.17, 15) is 4.39 Å². The first-order valence-electron chi connectivity index (χ1n) is 5.66. The van der Waals surface area contributed by atoms with Gasteiger partial charge in [0.2, 0.25) is 0 Å². The molecule has 0 aliphatic rings. The molecular formula is C14H12BrClFNO. The van der Waals surface area contributed by atoms with Crippen LogP contribution in [0.3, 0.4) is 0 Å². The molecule has 0 saturated heterocycles. The molecule has 0 fully saturated rings. The van der Waals surface area contributed by atoms with Gasteiger partial charge in [0.1, 0.15) is 17.3 Å². The Morgan fingerprint density at radius 1 is 1.26 bits per heavy atom. The maximum Gasteiger partial charge on any atom is 0.144 e. The van der Waals surface area contributed by atoms with Gasteiger partial charge in [0.05, 0.1) is 4.47 Å². The number of hydrogen-bond donors (Lipinski definition) is 1. The minimum absolute atomic E-state index is 0.351. The van der Waals surface area contributed by atoms with Crippen LogP contribution in [0, 0.1) is 5.82 Å². The first-order chi connectivity index (χ1) is 9.11. The van der Waals surface area contributed by atoms with Crippen molar-refractivity contribution in [2.45, 2.75) is 6.54 Å². The summed E-state index contributed by atoms with van der Waals surface area (Å²) in [6.07, 6.45) is 0. The summed E-state index contributed by atoms with van der Waals surface area (Å²) in [7, 11) is 1.82. The van der Waals surface area contributed by atoms with Crippen molar-refractivity contribution in [1.82, 2.24) is 5.32 Å². The summed E-state index contributed by atoms with van der Waals surface area (Å²) in [5, 5.41) is 3.64. The normalized spacial score (nSPS) is 10.5. The smallest absolute Gasteiger partial charge is 0.144 e. The van der Waals surface area contributed by atoms with E-state index in [4.69, 9.17) is 16.3 Å². The molecule has 0 aliphatic heterocycles. The van der Waals surface area contributed by atoms with Crippen LogP contribution >= 0.6 is 27.5 Å². The second kappa shape index (κ2) is 6.37. The van der Waals surface area contributed by atoms with Crippen LogP contribution in [0.5, 0.6) is 11.5 Å². The molecule has 0 spiro atoms. The van der Waals surface area contributed by atoms with Gasteiger partial charge in [-0.1, -0.05) is 17.7 Å². The molecule has 5 heteroatoms. The van der Waals surface area contributed by atoms with Crippen LogP contribution in [-0.4, -0.2) is 7.05 Å². The third-order valence-corrected chi connectivity index (χ3v) is 3.55. The minimum Gasteiger partial charge on any atom is -0.456 e. The van der Waals surface area contributed by atoms with Crippen LogP contribution < -0.4 is 10.1 Å². The van der Waals surface area contributed by atoms with Crippen molar-refractivity contribution in [2.24, 2.45) is 0 Å². The van der Waals surface area contributed by atoms with E-state index < -0.39 is 0 Å². The van der Waals surface area contributed by atoms with Crippen LogP contribution in [0.25, 0.3) is 0 Å². The average molecular weight is 345 g/mol. The predicted molar refractivity (Wildman–Crippen MR) is 78.4 cm³/mol. The lowest BCUT2D eigenvalue weighted by atomic mass is 10.2. The summed E-state index contributed by atoms with van der Waals surface area (Å²) in [4.78, 5) is 0. The molecule has 2 aromatic carbocycles. The van der Waals surface area contributed by atoms with Crippen molar-refractivity contribution in [3.63, 3.8) is 0 Å². The Morgan fingerprint density at radius 3 is 2.79 bits per heavy atom. The van der Waals surface area contributed by atoms with Crippen molar-refractivity contribution in [3.8, 4) is 11.5 Å². The van der Waals surface area contributed by atoms with Gasteiger partial charge in [0.15, 0.2) is 0 Å². The van der Waals surface area contributed by atoms with Gasteiger partial charge in [-0.2, -0.15) is 0 Å². The topological polar surface area (TPSA) is 21.3 Å². The molecule has 0 unspecified atom stereocenters. The van der Waals surface area contributed by atoms with Gasteiger partial charge in [0, 0.05) is 23.2 Å². The molecule has 1 N–H and O–H groups in total. The molecule has 0 heterocycles. The molecule has 0 aliphatic carbocycles. The van der Waals surface area contributed by atoms with Crippen LogP contribution in [0.2, 0.25) is 5.02 Å². The van der Waals surface area contributed by atoms with Gasteiger partial charge in [-0.25, -0.2) is 4.39 Å². The van der Waals surface area contributed by atoms with Crippen molar-refractivity contribution < 1.29 is 9.13 Å². The molecule has 0 aromatic heterocycles. The molecule has 0 atom stereocenters. The Morgan fingerprint density at radius 2 is 2.05 bits per heavy atom. The molecule has 0 saturated carbocycles. The van der Waals surface area contributed by atoms with Crippen LogP contribution in [0.4, 0.5) is 4.39 Å². The monoisotopic (exact) mass is 343 g/mol. The highest BCUT2D eigenvalue weighted by atomic mass is 79.9. The third-order valence-electron chi connectivity index (χ3n) is 2.54. The summed E-state index contributed by atoms with van der Waals surface area (Å²) in [6, 6.07) is 9.69. The van der Waals surface area contributed by atoms with Gasteiger partial charge in [-0.15, -0.1) is 0 Å². The van der Waals surface area contributed by atoms with Gasteiger partial charge < -0.3 is 10.1 Å². The number of benzene rings is 2. The van der Waals surface area contributed by atoms with Gasteiger partial charge in [-0.3, -0.25) is 0 Å². The molecule has 0 radical (unpaired) electrons. The maximum atomic E-state index is 13.2. The summed E-state index contributed by atoms with van der Waals surface area (Å²) in [5.74, 6) is 0.670. The van der Waals surface area contributed by atoms with Crippen LogP contribution in [0.1, 0.15) is 5.56 Å². The predicted octanol–water partition coefficient (Wildman–Crippen LogP) is 4.75. The molecule has 0 amide bonds. The van der Waals surface area contributed by atoms with Crippen molar-refractivity contribution in [2.75, 3.05) is 7.05 Å². The summed E-state index contributed by atoms with van der Waals surface area (Å²) in [5.41, 5.74) is 0.836. The fourth-order valence-electron chi connectivity index (χ4n) is 1.66. The fourth-order valence-corrected chi connectivity index (χ4v) is 2.22. The minimum atomic E-state index is -0.351. The average Bonchev–Trinajstić information content (AvgIpc) is 2.38. The zero-order chi connectivity index (χ0) is 13.8. The number of hydrogen-bond acceptors (Lipinski definition) is 2. The highest BCUT2D eigenvalue weighted by Crippen LogP contribution is 2.34. The van der Waals surface area contributed by atoms with Gasteiger partial charge in [-0.05, 0) is 47.2 Å². The highest BCUT2D eigenvalue weighted by molar-refractivity contribution is 9.10. The Balaban J connectivity index is 2.37. The Kier molecular flexibility index (Phi) is 4.80. The fraction of sp³-hybridized carbons (Fsp3) is 0.143. The second-order valence-electron chi connectivity index (χ2n) is 3.92. The van der Waals surface area contributed by atoms with Crippen molar-refractivity contribution in [1.29, 1.82) is 0 Å². The lowest BCUT2D eigenvalue weighted by Crippen LogP contribution is -2.07. The second-order valence-corrected chi connectivity index (χ2v) is 5.19. The van der Waals surface area contributed by atoms with Crippen molar-refractivity contribution >= 4 is 27.5 Å². The molecule has 19 heavy (non-hydrogen) atoms. The quantitative estimate of drug-likeness (QED) is 0.864. The number of ether oxygens (including phenoxy) is 1. The van der Waals surface area contributed by atoms with E-state index >= 15 is 0 Å². The Bertz CT molecular complexity index is 592. The maximum absolute atomic E-state index is 13.2. The Hall–Kier alpha value is -1.10. The first kappa shape index (κ1) is 14.3. The van der Waals surface area contributed by atoms with E-state index in [0.29, 0.717) is 27.5 Å². The van der Waals surface area contributed by atoms with Gasteiger partial charge >= 0.3 is 0 Å².